The summed E-state index contributed by atoms with van der Waals surface area (Å²) in [7, 11) is 3.29. The van der Waals surface area contributed by atoms with Crippen molar-refractivity contribution in [1.82, 2.24) is 20.2 Å². The van der Waals surface area contributed by atoms with Gasteiger partial charge in [0, 0.05) is 42.2 Å². The maximum Gasteiger partial charge on any atom is 0.223 e. The molecule has 1 amide bonds. The van der Waals surface area contributed by atoms with Gasteiger partial charge in [0.15, 0.2) is 11.5 Å². The molecule has 2 bridgehead atoms. The first-order valence-electron chi connectivity index (χ1n) is 12.2. The maximum absolute atomic E-state index is 12.3. The molecule has 176 valence electrons. The summed E-state index contributed by atoms with van der Waals surface area (Å²) in [5.74, 6) is 3.70. The van der Waals surface area contributed by atoms with Crippen LogP contribution in [-0.2, 0) is 4.79 Å². The Bertz CT molecular complexity index is 1020. The van der Waals surface area contributed by atoms with Crippen LogP contribution in [-0.4, -0.2) is 60.7 Å². The molecule has 6 rings (SSSR count). The van der Waals surface area contributed by atoms with E-state index in [2.05, 4.69) is 16.3 Å². The Hall–Kier alpha value is -2.67. The van der Waals surface area contributed by atoms with E-state index >= 15 is 0 Å². The van der Waals surface area contributed by atoms with Crippen LogP contribution in [0.25, 0.3) is 11.3 Å². The van der Waals surface area contributed by atoms with Gasteiger partial charge in [-0.2, -0.15) is 0 Å². The van der Waals surface area contributed by atoms with Crippen LogP contribution in [0.15, 0.2) is 24.3 Å². The quantitative estimate of drug-likeness (QED) is 0.695. The third-order valence-electron chi connectivity index (χ3n) is 7.78. The number of benzene rings is 1. The third-order valence-corrected chi connectivity index (χ3v) is 7.78. The van der Waals surface area contributed by atoms with Crippen LogP contribution in [0.1, 0.15) is 49.5 Å². The van der Waals surface area contributed by atoms with Crippen molar-refractivity contribution in [3.63, 3.8) is 0 Å². The fourth-order valence-corrected chi connectivity index (χ4v) is 5.64. The second-order valence-electron chi connectivity index (χ2n) is 9.71. The average Bonchev–Trinajstić information content (AvgIpc) is 2.81. The van der Waals surface area contributed by atoms with Gasteiger partial charge < -0.3 is 14.8 Å². The van der Waals surface area contributed by atoms with Crippen molar-refractivity contribution >= 4 is 5.91 Å². The summed E-state index contributed by atoms with van der Waals surface area (Å²) in [6.07, 6.45) is 5.61. The van der Waals surface area contributed by atoms with Crippen molar-refractivity contribution in [3.8, 4) is 22.8 Å². The normalized spacial score (nSPS) is 26.5. The molecule has 1 aliphatic carbocycles. The number of nitrogens with one attached hydrogen (secondary N) is 1. The van der Waals surface area contributed by atoms with Crippen LogP contribution < -0.4 is 14.8 Å². The number of carbonyl (C=O) groups is 1. The molecule has 4 atom stereocenters. The number of aromatic nitrogens is 2. The number of piperidine rings is 3. The highest BCUT2D eigenvalue weighted by molar-refractivity contribution is 5.79. The van der Waals surface area contributed by atoms with E-state index < -0.39 is 0 Å². The van der Waals surface area contributed by atoms with E-state index in [1.54, 1.807) is 14.2 Å². The predicted octanol–water partition coefficient (Wildman–Crippen LogP) is 3.56. The zero-order valence-electron chi connectivity index (χ0n) is 19.8. The fourth-order valence-electron chi connectivity index (χ4n) is 5.64. The van der Waals surface area contributed by atoms with E-state index in [9.17, 15) is 4.79 Å². The molecular weight excluding hydrogens is 416 g/mol. The van der Waals surface area contributed by atoms with Crippen molar-refractivity contribution in [2.75, 3.05) is 33.9 Å². The van der Waals surface area contributed by atoms with Crippen molar-refractivity contribution in [3.05, 3.63) is 35.8 Å². The van der Waals surface area contributed by atoms with Gasteiger partial charge in [-0.15, -0.1) is 0 Å². The number of methoxy groups -OCH3 is 2. The first-order valence-corrected chi connectivity index (χ1v) is 12.2. The van der Waals surface area contributed by atoms with Gasteiger partial charge in [0.05, 0.1) is 19.9 Å². The molecule has 1 aromatic carbocycles. The number of rotatable bonds is 7. The van der Waals surface area contributed by atoms with Crippen molar-refractivity contribution < 1.29 is 14.3 Å². The van der Waals surface area contributed by atoms with Gasteiger partial charge in [-0.3, -0.25) is 9.69 Å². The minimum Gasteiger partial charge on any atom is -0.493 e. The SMILES string of the molecule is COc1ccc(-c2cc([C@H]3CN4CC[C@H]3C[C@@H]4CNC(=O)C3CCC3)nc(C)n2)cc1OC. The fraction of sp³-hybridized carbons (Fsp3) is 0.577. The monoisotopic (exact) mass is 450 g/mol. The van der Waals surface area contributed by atoms with Crippen LogP contribution >= 0.6 is 0 Å². The number of hydrogen-bond donors (Lipinski definition) is 1. The molecule has 1 unspecified atom stereocenters. The van der Waals surface area contributed by atoms with E-state index in [1.807, 2.05) is 25.1 Å². The number of hydrogen-bond acceptors (Lipinski definition) is 6. The number of nitrogens with zero attached hydrogens (tertiary/aromatic N) is 3. The summed E-state index contributed by atoms with van der Waals surface area (Å²) in [6, 6.07) is 8.50. The maximum atomic E-state index is 12.3. The van der Waals surface area contributed by atoms with E-state index in [1.165, 1.54) is 12.8 Å². The highest BCUT2D eigenvalue weighted by Gasteiger charge is 2.41. The number of ether oxygens (including phenoxy) is 2. The summed E-state index contributed by atoms with van der Waals surface area (Å²) < 4.78 is 10.9. The average molecular weight is 451 g/mol. The molecule has 1 aromatic heterocycles. The molecule has 2 aromatic rings. The number of carbonyl (C=O) groups excluding carboxylic acids is 1. The Labute approximate surface area is 195 Å². The molecule has 4 fully saturated rings. The molecule has 0 spiro atoms. The predicted molar refractivity (Wildman–Crippen MR) is 126 cm³/mol. The van der Waals surface area contributed by atoms with Gasteiger partial charge in [-0.05, 0) is 69.3 Å². The van der Waals surface area contributed by atoms with Gasteiger partial charge in [-0.25, -0.2) is 9.97 Å². The van der Waals surface area contributed by atoms with Crippen LogP contribution in [0.2, 0.25) is 0 Å². The molecule has 33 heavy (non-hydrogen) atoms. The van der Waals surface area contributed by atoms with Crippen molar-refractivity contribution in [2.24, 2.45) is 11.8 Å². The van der Waals surface area contributed by atoms with E-state index in [0.29, 0.717) is 29.4 Å². The molecule has 1 saturated carbocycles. The Morgan fingerprint density at radius 2 is 1.94 bits per heavy atom. The summed E-state index contributed by atoms with van der Waals surface area (Å²) in [5, 5.41) is 3.23. The smallest absolute Gasteiger partial charge is 0.223 e. The molecule has 0 radical (unpaired) electrons. The van der Waals surface area contributed by atoms with Crippen molar-refractivity contribution in [1.29, 1.82) is 0 Å². The van der Waals surface area contributed by atoms with E-state index in [4.69, 9.17) is 19.4 Å². The second-order valence-corrected chi connectivity index (χ2v) is 9.71. The molecule has 7 heteroatoms. The highest BCUT2D eigenvalue weighted by atomic mass is 16.5. The molecule has 3 saturated heterocycles. The first kappa shape index (κ1) is 22.1. The second kappa shape index (κ2) is 9.29. The molecule has 7 nitrogen and oxygen atoms in total. The van der Waals surface area contributed by atoms with E-state index in [-0.39, 0.29) is 11.8 Å². The first-order chi connectivity index (χ1) is 16.1. The lowest BCUT2D eigenvalue weighted by molar-refractivity contribution is -0.127. The molecular formula is C26H34N4O3. The number of amides is 1. The zero-order chi connectivity index (χ0) is 22.9. The third kappa shape index (κ3) is 4.43. The Balaban J connectivity index is 1.31. The van der Waals surface area contributed by atoms with Gasteiger partial charge in [0.25, 0.3) is 0 Å². The molecule has 3 aliphatic heterocycles. The van der Waals surface area contributed by atoms with Crippen LogP contribution in [0.4, 0.5) is 0 Å². The zero-order valence-corrected chi connectivity index (χ0v) is 19.8. The van der Waals surface area contributed by atoms with E-state index in [0.717, 1.165) is 61.7 Å². The van der Waals surface area contributed by atoms with Gasteiger partial charge in [-0.1, -0.05) is 6.42 Å². The standard InChI is InChI=1S/C26H34N4O3/c1-16-28-22(19-7-8-24(32-2)25(12-19)33-3)13-23(29-16)21-15-30-10-9-18(21)11-20(30)14-27-26(31)17-5-4-6-17/h7-8,12-13,17-18,20-21H,4-6,9-11,14-15H2,1-3H3,(H,27,31)/t18-,20+,21-/m0/s1. The molecule has 4 aliphatic rings. The summed E-state index contributed by atoms with van der Waals surface area (Å²) >= 11 is 0. The van der Waals surface area contributed by atoms with Crippen LogP contribution in [0.5, 0.6) is 11.5 Å². The summed E-state index contributed by atoms with van der Waals surface area (Å²) in [5.41, 5.74) is 3.04. The lowest BCUT2D eigenvalue weighted by Crippen LogP contribution is -2.56. The Morgan fingerprint density at radius 1 is 1.12 bits per heavy atom. The number of aryl methyl sites for hydroxylation is 1. The van der Waals surface area contributed by atoms with Gasteiger partial charge >= 0.3 is 0 Å². The van der Waals surface area contributed by atoms with Crippen molar-refractivity contribution in [2.45, 2.75) is 51.0 Å². The number of fused-ring (bicyclic) bond motifs is 3. The highest BCUT2D eigenvalue weighted by Crippen LogP contribution is 2.42. The Kier molecular flexibility index (Phi) is 6.23. The van der Waals surface area contributed by atoms with Crippen LogP contribution in [0.3, 0.4) is 0 Å². The molecule has 4 heterocycles. The lowest BCUT2D eigenvalue weighted by atomic mass is 9.74. The molecule has 1 N–H and O–H groups in total. The van der Waals surface area contributed by atoms with Crippen LogP contribution in [0, 0.1) is 18.8 Å². The van der Waals surface area contributed by atoms with Gasteiger partial charge in [0.2, 0.25) is 5.91 Å². The Morgan fingerprint density at radius 3 is 2.61 bits per heavy atom. The minimum atomic E-state index is 0.256. The minimum absolute atomic E-state index is 0.256. The van der Waals surface area contributed by atoms with Gasteiger partial charge in [0.1, 0.15) is 5.82 Å². The summed E-state index contributed by atoms with van der Waals surface area (Å²) in [4.78, 5) is 24.4. The lowest BCUT2D eigenvalue weighted by Gasteiger charge is -2.50. The largest absolute Gasteiger partial charge is 0.493 e. The topological polar surface area (TPSA) is 76.6 Å². The summed E-state index contributed by atoms with van der Waals surface area (Å²) in [6.45, 7) is 4.85.